The molecule has 0 aliphatic rings. The van der Waals surface area contributed by atoms with Crippen molar-refractivity contribution in [3.63, 3.8) is 0 Å². The van der Waals surface area contributed by atoms with Crippen molar-refractivity contribution in [1.29, 1.82) is 0 Å². The molecule has 0 atom stereocenters. The first kappa shape index (κ1) is 16.2. The van der Waals surface area contributed by atoms with Gasteiger partial charge in [-0.1, -0.05) is 11.6 Å². The molecule has 0 spiro atoms. The number of H-pyrrole nitrogens is 1. The quantitative estimate of drug-likeness (QED) is 0.508. The molecule has 2 aromatic heterocycles. The molecular formula is C17H15ClN6O2. The molecule has 4 aromatic rings. The molecule has 0 saturated heterocycles. The highest BCUT2D eigenvalue weighted by Gasteiger charge is 2.14. The first-order valence-electron chi connectivity index (χ1n) is 7.74. The Morgan fingerprint density at radius 1 is 1.27 bits per heavy atom. The Morgan fingerprint density at radius 2 is 2.12 bits per heavy atom. The maximum atomic E-state index is 9.73. The normalized spacial score (nSPS) is 11.0. The molecule has 26 heavy (non-hydrogen) atoms. The van der Waals surface area contributed by atoms with Gasteiger partial charge in [-0.05, 0) is 30.3 Å². The van der Waals surface area contributed by atoms with Crippen LogP contribution in [0.25, 0.3) is 22.3 Å². The van der Waals surface area contributed by atoms with Crippen molar-refractivity contribution < 1.29 is 9.84 Å². The van der Waals surface area contributed by atoms with Gasteiger partial charge in [-0.15, -0.1) is 5.10 Å². The summed E-state index contributed by atoms with van der Waals surface area (Å²) in [6.45, 7) is 0. The fraction of sp³-hybridized carbons (Fsp3) is 0.118. The third kappa shape index (κ3) is 2.70. The van der Waals surface area contributed by atoms with Crippen LogP contribution in [-0.2, 0) is 7.05 Å². The summed E-state index contributed by atoms with van der Waals surface area (Å²) in [4.78, 5) is 4.51. The van der Waals surface area contributed by atoms with Crippen LogP contribution >= 0.6 is 11.6 Å². The number of aromatic nitrogens is 5. The molecule has 0 unspecified atom stereocenters. The number of ether oxygens (including phenoxy) is 1. The van der Waals surface area contributed by atoms with E-state index in [9.17, 15) is 5.11 Å². The highest BCUT2D eigenvalue weighted by Crippen LogP contribution is 2.33. The zero-order chi connectivity index (χ0) is 18.3. The summed E-state index contributed by atoms with van der Waals surface area (Å²) < 4.78 is 6.75. The molecule has 2 aromatic carbocycles. The van der Waals surface area contributed by atoms with Crippen molar-refractivity contribution in [1.82, 2.24) is 25.0 Å². The van der Waals surface area contributed by atoms with Crippen LogP contribution in [0.3, 0.4) is 0 Å². The maximum Gasteiger partial charge on any atom is 0.225 e. The summed E-state index contributed by atoms with van der Waals surface area (Å²) in [5.41, 5.74) is 2.28. The van der Waals surface area contributed by atoms with Gasteiger partial charge < -0.3 is 15.2 Å². The Labute approximate surface area is 153 Å². The molecule has 3 N–H and O–H groups in total. The molecule has 0 aliphatic heterocycles. The number of halogens is 1. The van der Waals surface area contributed by atoms with E-state index in [-0.39, 0.29) is 5.75 Å². The van der Waals surface area contributed by atoms with Crippen molar-refractivity contribution in [3.8, 4) is 22.9 Å². The molecule has 0 saturated carbocycles. The average molecular weight is 371 g/mol. The minimum absolute atomic E-state index is 0.0609. The molecular weight excluding hydrogens is 356 g/mol. The van der Waals surface area contributed by atoms with Crippen LogP contribution in [0, 0.1) is 0 Å². The third-order valence-corrected chi connectivity index (χ3v) is 4.41. The summed E-state index contributed by atoms with van der Waals surface area (Å²) in [6, 6.07) is 8.68. The third-order valence-electron chi connectivity index (χ3n) is 4.01. The Kier molecular flexibility index (Phi) is 3.89. The van der Waals surface area contributed by atoms with Crippen LogP contribution in [-0.4, -0.2) is 37.2 Å². The highest BCUT2D eigenvalue weighted by atomic mass is 35.5. The number of phenols is 1. The largest absolute Gasteiger partial charge is 0.504 e. The lowest BCUT2D eigenvalue weighted by Gasteiger charge is -2.07. The van der Waals surface area contributed by atoms with Crippen molar-refractivity contribution in [3.05, 3.63) is 41.6 Å². The Morgan fingerprint density at radius 3 is 2.92 bits per heavy atom. The van der Waals surface area contributed by atoms with Gasteiger partial charge in [0.05, 0.1) is 29.5 Å². The minimum Gasteiger partial charge on any atom is -0.504 e. The lowest BCUT2D eigenvalue weighted by Crippen LogP contribution is -2.00. The number of phenolic OH excluding ortho intramolecular Hbond substituents is 1. The number of anilines is 2. The van der Waals surface area contributed by atoms with Gasteiger partial charge in [0, 0.05) is 18.0 Å². The number of nitrogens with one attached hydrogen (secondary N) is 2. The molecule has 9 heteroatoms. The lowest BCUT2D eigenvalue weighted by atomic mass is 10.2. The summed E-state index contributed by atoms with van der Waals surface area (Å²) >= 11 is 6.44. The Bertz CT molecular complexity index is 1100. The zero-order valence-corrected chi connectivity index (χ0v) is 14.7. The van der Waals surface area contributed by atoms with E-state index in [1.165, 1.54) is 7.11 Å². The molecule has 0 radical (unpaired) electrons. The van der Waals surface area contributed by atoms with Gasteiger partial charge >= 0.3 is 0 Å². The summed E-state index contributed by atoms with van der Waals surface area (Å²) in [7, 11) is 3.27. The van der Waals surface area contributed by atoms with Crippen LogP contribution < -0.4 is 10.1 Å². The monoisotopic (exact) mass is 370 g/mol. The number of aryl methyl sites for hydroxylation is 1. The lowest BCUT2D eigenvalue weighted by molar-refractivity contribution is 0.373. The van der Waals surface area contributed by atoms with E-state index in [1.54, 1.807) is 36.1 Å². The predicted molar refractivity (Wildman–Crippen MR) is 99.0 cm³/mol. The summed E-state index contributed by atoms with van der Waals surface area (Å²) in [6.07, 6.45) is 1.67. The predicted octanol–water partition coefficient (Wildman–Crippen LogP) is 3.47. The van der Waals surface area contributed by atoms with E-state index in [4.69, 9.17) is 16.3 Å². The molecule has 0 fully saturated rings. The molecule has 4 rings (SSSR count). The number of aromatic amines is 1. The number of benzene rings is 2. The first-order chi connectivity index (χ1) is 12.6. The fourth-order valence-corrected chi connectivity index (χ4v) is 2.89. The molecule has 0 amide bonds. The van der Waals surface area contributed by atoms with E-state index < -0.39 is 0 Å². The second kappa shape index (κ2) is 6.23. The van der Waals surface area contributed by atoms with Crippen LogP contribution in [0.2, 0.25) is 5.02 Å². The number of rotatable bonds is 4. The van der Waals surface area contributed by atoms with E-state index in [2.05, 4.69) is 25.6 Å². The van der Waals surface area contributed by atoms with Crippen molar-refractivity contribution in [2.45, 2.75) is 0 Å². The Balaban J connectivity index is 1.69. The van der Waals surface area contributed by atoms with Crippen molar-refractivity contribution >= 4 is 34.1 Å². The van der Waals surface area contributed by atoms with Gasteiger partial charge in [0.15, 0.2) is 17.3 Å². The molecule has 2 heterocycles. The smallest absolute Gasteiger partial charge is 0.225 e. The van der Waals surface area contributed by atoms with E-state index in [0.717, 1.165) is 16.5 Å². The molecule has 132 valence electrons. The maximum absolute atomic E-state index is 9.73. The second-order valence-corrected chi connectivity index (χ2v) is 6.03. The SMILES string of the molecule is COc1cc(-c2nc(Nc3ccc4[nH]ncc4c3Cl)n(C)n2)ccc1O. The standard InChI is InChI=1S/C17H15ClN6O2/c1-24-17(20-12-5-4-11-10(15(12)18)8-19-22-11)21-16(23-24)9-3-6-13(25)14(7-9)26-2/h3-8,25H,1-2H3,(H,19,22)(H,20,21,23). The van der Waals surface area contributed by atoms with Crippen LogP contribution in [0.5, 0.6) is 11.5 Å². The highest BCUT2D eigenvalue weighted by molar-refractivity contribution is 6.38. The molecule has 0 aliphatic carbocycles. The first-order valence-corrected chi connectivity index (χ1v) is 8.11. The van der Waals surface area contributed by atoms with Crippen LogP contribution in [0.15, 0.2) is 36.5 Å². The minimum atomic E-state index is 0.0609. The number of nitrogens with zero attached hydrogens (tertiary/aromatic N) is 4. The zero-order valence-electron chi connectivity index (χ0n) is 14.0. The van der Waals surface area contributed by atoms with Gasteiger partial charge in [0.2, 0.25) is 5.95 Å². The van der Waals surface area contributed by atoms with E-state index in [1.807, 2.05) is 12.1 Å². The number of hydrogen-bond acceptors (Lipinski definition) is 6. The number of fused-ring (bicyclic) bond motifs is 1. The second-order valence-electron chi connectivity index (χ2n) is 5.65. The number of aromatic hydroxyl groups is 1. The number of methoxy groups -OCH3 is 1. The van der Waals surface area contributed by atoms with Gasteiger partial charge in [-0.25, -0.2) is 4.68 Å². The summed E-state index contributed by atoms with van der Waals surface area (Å²) in [5, 5.41) is 25.6. The van der Waals surface area contributed by atoms with Crippen molar-refractivity contribution in [2.75, 3.05) is 12.4 Å². The van der Waals surface area contributed by atoms with Crippen LogP contribution in [0.1, 0.15) is 0 Å². The van der Waals surface area contributed by atoms with Gasteiger partial charge in [0.25, 0.3) is 0 Å². The average Bonchev–Trinajstić information content (AvgIpc) is 3.25. The van der Waals surface area contributed by atoms with Gasteiger partial charge in [-0.3, -0.25) is 5.10 Å². The van der Waals surface area contributed by atoms with E-state index >= 15 is 0 Å². The Hall–Kier alpha value is -3.26. The number of hydrogen-bond donors (Lipinski definition) is 3. The fourth-order valence-electron chi connectivity index (χ4n) is 2.63. The van der Waals surface area contributed by atoms with Crippen molar-refractivity contribution in [2.24, 2.45) is 7.05 Å². The van der Waals surface area contributed by atoms with E-state index in [0.29, 0.717) is 28.2 Å². The van der Waals surface area contributed by atoms with Gasteiger partial charge in [0.1, 0.15) is 0 Å². The molecule has 0 bridgehead atoms. The topological polar surface area (TPSA) is 101 Å². The van der Waals surface area contributed by atoms with Crippen LogP contribution in [0.4, 0.5) is 11.6 Å². The van der Waals surface area contributed by atoms with Gasteiger partial charge in [-0.2, -0.15) is 10.1 Å². The summed E-state index contributed by atoms with van der Waals surface area (Å²) in [5.74, 6) is 1.44. The molecule has 8 nitrogen and oxygen atoms in total.